The molecule has 1 aromatic carbocycles. The Labute approximate surface area is 177 Å². The Balaban J connectivity index is 1.49. The Hall–Kier alpha value is -3.22. The van der Waals surface area contributed by atoms with Crippen LogP contribution in [0, 0.1) is 0 Å². The Kier molecular flexibility index (Phi) is 6.37. The Bertz CT molecular complexity index is 977. The van der Waals surface area contributed by atoms with Crippen molar-refractivity contribution in [1.82, 2.24) is 20.4 Å². The van der Waals surface area contributed by atoms with Crippen LogP contribution in [0.5, 0.6) is 5.75 Å². The van der Waals surface area contributed by atoms with Crippen LogP contribution in [-0.2, 0) is 26.4 Å². The third-order valence-electron chi connectivity index (χ3n) is 5.25. The Morgan fingerprint density at radius 1 is 1.27 bits per heavy atom. The summed E-state index contributed by atoms with van der Waals surface area (Å²) < 4.78 is 13.1. The van der Waals surface area contributed by atoms with E-state index in [2.05, 4.69) is 28.7 Å². The summed E-state index contributed by atoms with van der Waals surface area (Å²) in [5, 5.41) is 11.6. The van der Waals surface area contributed by atoms with Gasteiger partial charge in [-0.05, 0) is 24.6 Å². The van der Waals surface area contributed by atoms with Crippen molar-refractivity contribution in [3.05, 3.63) is 71.4 Å². The minimum absolute atomic E-state index is 0.157. The molecule has 0 spiro atoms. The average Bonchev–Trinajstić information content (AvgIpc) is 3.41. The number of hydrogen-bond acceptors (Lipinski definition) is 4. The Morgan fingerprint density at radius 2 is 2.17 bits per heavy atom. The van der Waals surface area contributed by atoms with Gasteiger partial charge in [0, 0.05) is 43.8 Å². The summed E-state index contributed by atoms with van der Waals surface area (Å²) in [6.45, 7) is 4.13. The maximum absolute atomic E-state index is 5.80. The normalized spacial score (nSPS) is 16.1. The summed E-state index contributed by atoms with van der Waals surface area (Å²) >= 11 is 0. The standard InChI is InChI=1S/C23H29N5O2/c1-3-20-17(16-28(2)27-20)15-25-23(24-12-10-18-7-6-13-29-18)26-21-11-14-30-22-9-5-4-8-19(21)22/h4-9,13,16,21H,3,10-12,14-15H2,1-2H3,(H2,24,25,26). The second-order valence-electron chi connectivity index (χ2n) is 7.42. The van der Waals surface area contributed by atoms with Crippen molar-refractivity contribution in [2.45, 2.75) is 38.8 Å². The van der Waals surface area contributed by atoms with Crippen LogP contribution in [0.15, 0.2) is 58.3 Å². The van der Waals surface area contributed by atoms with Crippen LogP contribution in [0.4, 0.5) is 0 Å². The number of guanidine groups is 1. The fraction of sp³-hybridized carbons (Fsp3) is 0.391. The van der Waals surface area contributed by atoms with E-state index in [4.69, 9.17) is 14.1 Å². The van der Waals surface area contributed by atoms with Crippen molar-refractivity contribution in [1.29, 1.82) is 0 Å². The first-order valence-electron chi connectivity index (χ1n) is 10.5. The van der Waals surface area contributed by atoms with Gasteiger partial charge in [-0.15, -0.1) is 0 Å². The van der Waals surface area contributed by atoms with E-state index in [0.717, 1.165) is 54.5 Å². The van der Waals surface area contributed by atoms with Crippen LogP contribution in [0.3, 0.4) is 0 Å². The number of furan rings is 1. The van der Waals surface area contributed by atoms with Gasteiger partial charge in [0.15, 0.2) is 5.96 Å². The van der Waals surface area contributed by atoms with Crippen LogP contribution in [0.25, 0.3) is 0 Å². The molecule has 1 aliphatic heterocycles. The smallest absolute Gasteiger partial charge is 0.192 e. The van der Waals surface area contributed by atoms with E-state index in [1.807, 2.05) is 48.3 Å². The summed E-state index contributed by atoms with van der Waals surface area (Å²) in [6, 6.07) is 12.2. The van der Waals surface area contributed by atoms with Crippen molar-refractivity contribution in [2.24, 2.45) is 12.0 Å². The van der Waals surface area contributed by atoms with Gasteiger partial charge in [-0.2, -0.15) is 5.10 Å². The van der Waals surface area contributed by atoms with Crippen molar-refractivity contribution < 1.29 is 9.15 Å². The van der Waals surface area contributed by atoms with Gasteiger partial charge in [0.05, 0.1) is 31.2 Å². The number of benzene rings is 1. The maximum Gasteiger partial charge on any atom is 0.192 e. The first-order chi connectivity index (χ1) is 14.7. The molecule has 0 fully saturated rings. The van der Waals surface area contributed by atoms with E-state index in [-0.39, 0.29) is 6.04 Å². The third kappa shape index (κ3) is 4.84. The van der Waals surface area contributed by atoms with Crippen molar-refractivity contribution in [2.75, 3.05) is 13.2 Å². The molecule has 0 radical (unpaired) electrons. The summed E-state index contributed by atoms with van der Waals surface area (Å²) in [5.74, 6) is 2.68. The van der Waals surface area contributed by atoms with Crippen LogP contribution in [0.2, 0.25) is 0 Å². The van der Waals surface area contributed by atoms with Gasteiger partial charge >= 0.3 is 0 Å². The SMILES string of the molecule is CCc1nn(C)cc1CN=C(NCCc1ccco1)NC1CCOc2ccccc21. The zero-order valence-electron chi connectivity index (χ0n) is 17.6. The summed E-state index contributed by atoms with van der Waals surface area (Å²) in [6.07, 6.45) is 6.34. The molecule has 7 heteroatoms. The minimum Gasteiger partial charge on any atom is -0.493 e. The molecule has 7 nitrogen and oxygen atoms in total. The van der Waals surface area contributed by atoms with Gasteiger partial charge in [0.1, 0.15) is 11.5 Å². The topological polar surface area (TPSA) is 76.6 Å². The fourth-order valence-electron chi connectivity index (χ4n) is 3.75. The number of rotatable bonds is 7. The lowest BCUT2D eigenvalue weighted by Gasteiger charge is -2.28. The molecule has 0 saturated carbocycles. The number of fused-ring (bicyclic) bond motifs is 1. The zero-order chi connectivity index (χ0) is 20.8. The number of ether oxygens (including phenoxy) is 1. The van der Waals surface area contributed by atoms with Crippen LogP contribution in [0.1, 0.15) is 42.0 Å². The third-order valence-corrected chi connectivity index (χ3v) is 5.25. The Morgan fingerprint density at radius 3 is 3.00 bits per heavy atom. The lowest BCUT2D eigenvalue weighted by atomic mass is 10.0. The minimum atomic E-state index is 0.157. The van der Waals surface area contributed by atoms with E-state index in [0.29, 0.717) is 13.2 Å². The molecule has 1 aliphatic rings. The van der Waals surface area contributed by atoms with Gasteiger partial charge in [0.25, 0.3) is 0 Å². The predicted octanol–water partition coefficient (Wildman–Crippen LogP) is 3.38. The predicted molar refractivity (Wildman–Crippen MR) is 117 cm³/mol. The molecule has 3 heterocycles. The molecule has 0 saturated heterocycles. The second kappa shape index (κ2) is 9.52. The second-order valence-corrected chi connectivity index (χ2v) is 7.42. The van der Waals surface area contributed by atoms with Crippen LogP contribution < -0.4 is 15.4 Å². The number of hydrogen-bond donors (Lipinski definition) is 2. The van der Waals surface area contributed by atoms with E-state index in [1.54, 1.807) is 6.26 Å². The number of aromatic nitrogens is 2. The molecule has 0 bridgehead atoms. The molecule has 2 aromatic heterocycles. The molecule has 0 amide bonds. The fourth-order valence-corrected chi connectivity index (χ4v) is 3.75. The summed E-state index contributed by atoms with van der Waals surface area (Å²) in [4.78, 5) is 4.87. The number of nitrogens with one attached hydrogen (secondary N) is 2. The largest absolute Gasteiger partial charge is 0.493 e. The molecule has 158 valence electrons. The van der Waals surface area contributed by atoms with Gasteiger partial charge in [0.2, 0.25) is 0 Å². The van der Waals surface area contributed by atoms with E-state index >= 15 is 0 Å². The van der Waals surface area contributed by atoms with Crippen molar-refractivity contribution >= 4 is 5.96 Å². The highest BCUT2D eigenvalue weighted by molar-refractivity contribution is 5.80. The van der Waals surface area contributed by atoms with E-state index < -0.39 is 0 Å². The summed E-state index contributed by atoms with van der Waals surface area (Å²) in [7, 11) is 1.95. The highest BCUT2D eigenvalue weighted by Crippen LogP contribution is 2.31. The quantitative estimate of drug-likeness (QED) is 0.464. The van der Waals surface area contributed by atoms with Gasteiger partial charge in [-0.25, -0.2) is 4.99 Å². The van der Waals surface area contributed by atoms with E-state index in [9.17, 15) is 0 Å². The molecule has 3 aromatic rings. The lowest BCUT2D eigenvalue weighted by molar-refractivity contribution is 0.261. The lowest BCUT2D eigenvalue weighted by Crippen LogP contribution is -2.41. The van der Waals surface area contributed by atoms with Crippen molar-refractivity contribution in [3.8, 4) is 5.75 Å². The van der Waals surface area contributed by atoms with Gasteiger partial charge < -0.3 is 19.8 Å². The average molecular weight is 408 g/mol. The molecule has 2 N–H and O–H groups in total. The van der Waals surface area contributed by atoms with E-state index in [1.165, 1.54) is 5.56 Å². The van der Waals surface area contributed by atoms with Gasteiger partial charge in [-0.1, -0.05) is 25.1 Å². The molecule has 4 rings (SSSR count). The number of para-hydroxylation sites is 1. The number of aryl methyl sites for hydroxylation is 2. The van der Waals surface area contributed by atoms with Crippen LogP contribution >= 0.6 is 0 Å². The first-order valence-corrected chi connectivity index (χ1v) is 10.5. The maximum atomic E-state index is 5.80. The molecule has 1 unspecified atom stereocenters. The molecule has 0 aliphatic carbocycles. The first kappa shape index (κ1) is 20.1. The number of nitrogens with zero attached hydrogens (tertiary/aromatic N) is 3. The molecule has 1 atom stereocenters. The number of aliphatic imine (C=N–C) groups is 1. The summed E-state index contributed by atoms with van der Waals surface area (Å²) in [5.41, 5.74) is 3.41. The van der Waals surface area contributed by atoms with Crippen molar-refractivity contribution in [3.63, 3.8) is 0 Å². The van der Waals surface area contributed by atoms with Gasteiger partial charge in [-0.3, -0.25) is 4.68 Å². The monoisotopic (exact) mass is 407 g/mol. The molecular formula is C23H29N5O2. The highest BCUT2D eigenvalue weighted by Gasteiger charge is 2.22. The molecular weight excluding hydrogens is 378 g/mol. The zero-order valence-corrected chi connectivity index (χ0v) is 17.6. The molecule has 30 heavy (non-hydrogen) atoms. The highest BCUT2D eigenvalue weighted by atomic mass is 16.5. The van der Waals surface area contributed by atoms with Crippen LogP contribution in [-0.4, -0.2) is 28.9 Å².